The van der Waals surface area contributed by atoms with Crippen molar-refractivity contribution in [1.29, 1.82) is 0 Å². The van der Waals surface area contributed by atoms with Gasteiger partial charge < -0.3 is 15.5 Å². The lowest BCUT2D eigenvalue weighted by Crippen LogP contribution is -2.42. The van der Waals surface area contributed by atoms with Crippen LogP contribution < -0.4 is 10.6 Å². The molecule has 2 N–H and O–H groups in total. The van der Waals surface area contributed by atoms with Gasteiger partial charge in [0, 0.05) is 32.6 Å². The van der Waals surface area contributed by atoms with Crippen molar-refractivity contribution >= 4 is 11.9 Å². The SMILES string of the molecule is CC(=O)NC1CCN(C(=O)NCC2=CCCCC2)C1. The molecule has 0 aromatic heterocycles. The number of likely N-dealkylation sites (tertiary alicyclic amines) is 1. The molecule has 2 aliphatic rings. The molecule has 1 atom stereocenters. The highest BCUT2D eigenvalue weighted by molar-refractivity contribution is 5.76. The zero-order valence-corrected chi connectivity index (χ0v) is 11.6. The van der Waals surface area contributed by atoms with Crippen LogP contribution in [0, 0.1) is 0 Å². The maximum absolute atomic E-state index is 12.0. The van der Waals surface area contributed by atoms with Gasteiger partial charge in [0.05, 0.1) is 0 Å². The molecule has 0 bridgehead atoms. The lowest BCUT2D eigenvalue weighted by atomic mass is 10.00. The number of rotatable bonds is 3. The summed E-state index contributed by atoms with van der Waals surface area (Å²) in [4.78, 5) is 24.7. The first-order valence-corrected chi connectivity index (χ1v) is 7.13. The molecular formula is C14H23N3O2. The highest BCUT2D eigenvalue weighted by atomic mass is 16.2. The number of nitrogens with one attached hydrogen (secondary N) is 2. The first kappa shape index (κ1) is 13.9. The third-order valence-electron chi connectivity index (χ3n) is 3.73. The second kappa shape index (κ2) is 6.59. The normalized spacial score (nSPS) is 22.9. The van der Waals surface area contributed by atoms with E-state index in [9.17, 15) is 9.59 Å². The van der Waals surface area contributed by atoms with Crippen molar-refractivity contribution in [3.63, 3.8) is 0 Å². The van der Waals surface area contributed by atoms with Gasteiger partial charge in [-0.15, -0.1) is 0 Å². The average molecular weight is 265 g/mol. The molecule has 1 saturated heterocycles. The predicted octanol–water partition coefficient (Wildman–Crippen LogP) is 1.41. The molecule has 0 aromatic carbocycles. The Morgan fingerprint density at radius 2 is 2.26 bits per heavy atom. The molecule has 0 radical (unpaired) electrons. The van der Waals surface area contributed by atoms with Crippen LogP contribution in [0.4, 0.5) is 4.79 Å². The van der Waals surface area contributed by atoms with Crippen LogP contribution in [0.5, 0.6) is 0 Å². The molecule has 1 fully saturated rings. The van der Waals surface area contributed by atoms with E-state index in [1.165, 1.54) is 25.3 Å². The highest BCUT2D eigenvalue weighted by Gasteiger charge is 2.26. The van der Waals surface area contributed by atoms with Crippen LogP contribution >= 0.6 is 0 Å². The van der Waals surface area contributed by atoms with Crippen LogP contribution in [0.3, 0.4) is 0 Å². The number of allylic oxidation sites excluding steroid dienone is 1. The van der Waals surface area contributed by atoms with E-state index in [4.69, 9.17) is 0 Å². The summed E-state index contributed by atoms with van der Waals surface area (Å²) in [7, 11) is 0. The van der Waals surface area contributed by atoms with Gasteiger partial charge in [-0.1, -0.05) is 11.6 Å². The molecule has 106 valence electrons. The smallest absolute Gasteiger partial charge is 0.317 e. The zero-order valence-electron chi connectivity index (χ0n) is 11.6. The number of carbonyl (C=O) groups excluding carboxylic acids is 2. The van der Waals surface area contributed by atoms with Crippen molar-refractivity contribution in [2.45, 2.75) is 45.1 Å². The number of hydrogen-bond acceptors (Lipinski definition) is 2. The number of hydrogen-bond donors (Lipinski definition) is 2. The standard InChI is InChI=1S/C14H23N3O2/c1-11(18)16-13-7-8-17(10-13)14(19)15-9-12-5-3-2-4-6-12/h5,13H,2-4,6-10H2,1H3,(H,15,19)(H,16,18). The van der Waals surface area contributed by atoms with E-state index in [-0.39, 0.29) is 18.0 Å². The van der Waals surface area contributed by atoms with Gasteiger partial charge in [0.2, 0.25) is 5.91 Å². The van der Waals surface area contributed by atoms with Gasteiger partial charge in [-0.2, -0.15) is 0 Å². The molecule has 0 spiro atoms. The Balaban J connectivity index is 1.72. The summed E-state index contributed by atoms with van der Waals surface area (Å²) in [5.74, 6) is -0.0281. The van der Waals surface area contributed by atoms with Gasteiger partial charge in [0.1, 0.15) is 0 Å². The van der Waals surface area contributed by atoms with Crippen LogP contribution in [-0.2, 0) is 4.79 Å². The van der Waals surface area contributed by atoms with Crippen LogP contribution in [0.25, 0.3) is 0 Å². The molecular weight excluding hydrogens is 242 g/mol. The minimum absolute atomic E-state index is 0.0145. The monoisotopic (exact) mass is 265 g/mol. The largest absolute Gasteiger partial charge is 0.352 e. The molecule has 1 unspecified atom stereocenters. The molecule has 1 aliphatic heterocycles. The Labute approximate surface area is 114 Å². The van der Waals surface area contributed by atoms with E-state index in [2.05, 4.69) is 16.7 Å². The fourth-order valence-corrected chi connectivity index (χ4v) is 2.72. The van der Waals surface area contributed by atoms with Crippen molar-refractivity contribution < 1.29 is 9.59 Å². The van der Waals surface area contributed by atoms with Crippen molar-refractivity contribution in [2.24, 2.45) is 0 Å². The predicted molar refractivity (Wildman–Crippen MR) is 73.7 cm³/mol. The summed E-state index contributed by atoms with van der Waals surface area (Å²) >= 11 is 0. The first-order valence-electron chi connectivity index (χ1n) is 7.13. The van der Waals surface area contributed by atoms with Crippen molar-refractivity contribution in [3.05, 3.63) is 11.6 Å². The quantitative estimate of drug-likeness (QED) is 0.758. The molecule has 0 saturated carbocycles. The van der Waals surface area contributed by atoms with Crippen LogP contribution in [-0.4, -0.2) is 42.5 Å². The van der Waals surface area contributed by atoms with Crippen LogP contribution in [0.15, 0.2) is 11.6 Å². The number of carbonyl (C=O) groups is 2. The second-order valence-electron chi connectivity index (χ2n) is 5.40. The maximum atomic E-state index is 12.0. The van der Waals surface area contributed by atoms with Crippen molar-refractivity contribution in [3.8, 4) is 0 Å². The zero-order chi connectivity index (χ0) is 13.7. The number of nitrogens with zero attached hydrogens (tertiary/aromatic N) is 1. The van der Waals surface area contributed by atoms with Crippen LogP contribution in [0.2, 0.25) is 0 Å². The average Bonchev–Trinajstić information content (AvgIpc) is 2.85. The van der Waals surface area contributed by atoms with E-state index in [0.29, 0.717) is 13.1 Å². The fourth-order valence-electron chi connectivity index (χ4n) is 2.72. The van der Waals surface area contributed by atoms with E-state index >= 15 is 0 Å². The Hall–Kier alpha value is -1.52. The lowest BCUT2D eigenvalue weighted by Gasteiger charge is -2.19. The second-order valence-corrected chi connectivity index (χ2v) is 5.40. The molecule has 1 heterocycles. The third kappa shape index (κ3) is 4.26. The number of amides is 3. The van der Waals surface area contributed by atoms with Crippen molar-refractivity contribution in [1.82, 2.24) is 15.5 Å². The van der Waals surface area contributed by atoms with Crippen LogP contribution in [0.1, 0.15) is 39.0 Å². The Bertz CT molecular complexity index is 379. The molecule has 0 aromatic rings. The molecule has 2 rings (SSSR count). The van der Waals surface area contributed by atoms with Gasteiger partial charge in [0.25, 0.3) is 0 Å². The first-order chi connectivity index (χ1) is 9.15. The van der Waals surface area contributed by atoms with E-state index in [1.54, 1.807) is 4.90 Å². The Morgan fingerprint density at radius 3 is 2.95 bits per heavy atom. The molecule has 19 heavy (non-hydrogen) atoms. The summed E-state index contributed by atoms with van der Waals surface area (Å²) in [6.45, 7) is 3.51. The van der Waals surface area contributed by atoms with Gasteiger partial charge in [-0.25, -0.2) is 4.79 Å². The Kier molecular flexibility index (Phi) is 4.82. The maximum Gasteiger partial charge on any atom is 0.317 e. The summed E-state index contributed by atoms with van der Waals surface area (Å²) < 4.78 is 0. The van der Waals surface area contributed by atoms with Crippen molar-refractivity contribution in [2.75, 3.05) is 19.6 Å². The summed E-state index contributed by atoms with van der Waals surface area (Å²) in [5.41, 5.74) is 1.34. The fraction of sp³-hybridized carbons (Fsp3) is 0.714. The molecule has 5 heteroatoms. The van der Waals surface area contributed by atoms with Gasteiger partial charge in [-0.05, 0) is 32.1 Å². The summed E-state index contributed by atoms with van der Waals surface area (Å²) in [5, 5.41) is 5.83. The van der Waals surface area contributed by atoms with Gasteiger partial charge >= 0.3 is 6.03 Å². The third-order valence-corrected chi connectivity index (χ3v) is 3.73. The van der Waals surface area contributed by atoms with E-state index in [0.717, 1.165) is 25.8 Å². The molecule has 3 amide bonds. The highest BCUT2D eigenvalue weighted by Crippen LogP contribution is 2.16. The molecule has 1 aliphatic carbocycles. The van der Waals surface area contributed by atoms with Gasteiger partial charge in [0.15, 0.2) is 0 Å². The lowest BCUT2D eigenvalue weighted by molar-refractivity contribution is -0.119. The minimum Gasteiger partial charge on any atom is -0.352 e. The van der Waals surface area contributed by atoms with Gasteiger partial charge in [-0.3, -0.25) is 4.79 Å². The number of urea groups is 1. The summed E-state index contributed by atoms with van der Waals surface area (Å²) in [6.07, 6.45) is 7.83. The molecule has 5 nitrogen and oxygen atoms in total. The summed E-state index contributed by atoms with van der Waals surface area (Å²) in [6, 6.07) is 0.0940. The van der Waals surface area contributed by atoms with E-state index < -0.39 is 0 Å². The Morgan fingerprint density at radius 1 is 1.42 bits per heavy atom. The minimum atomic E-state index is -0.0281. The van der Waals surface area contributed by atoms with E-state index in [1.807, 2.05) is 0 Å². The topological polar surface area (TPSA) is 61.4 Å².